The van der Waals surface area contributed by atoms with E-state index in [-0.39, 0.29) is 0 Å². The standard InChI is InChI=1S/C20H32O/c1-4-5-6-7-8-9-10-11-12-16-21-20-15-13-14-19(17-20)18(2)3/h4,13-15,17-18H,1,5-12,16H2,2-3H3. The van der Waals surface area contributed by atoms with Gasteiger partial charge in [0.05, 0.1) is 6.61 Å². The molecule has 1 aromatic carbocycles. The Hall–Kier alpha value is -1.24. The number of hydrogen-bond donors (Lipinski definition) is 0. The Balaban J connectivity index is 2.01. The molecule has 118 valence electrons. The van der Waals surface area contributed by atoms with Crippen LogP contribution in [0.2, 0.25) is 0 Å². The highest BCUT2D eigenvalue weighted by molar-refractivity contribution is 5.30. The number of unbranched alkanes of at least 4 members (excludes halogenated alkanes) is 7. The van der Waals surface area contributed by atoms with Gasteiger partial charge in [-0.05, 0) is 42.9 Å². The lowest BCUT2D eigenvalue weighted by molar-refractivity contribution is 0.304. The van der Waals surface area contributed by atoms with E-state index in [0.717, 1.165) is 12.4 Å². The first-order valence-electron chi connectivity index (χ1n) is 8.57. The number of ether oxygens (including phenoxy) is 1. The van der Waals surface area contributed by atoms with Crippen molar-refractivity contribution in [2.24, 2.45) is 0 Å². The molecule has 0 saturated heterocycles. The molecule has 0 aliphatic heterocycles. The number of hydrogen-bond acceptors (Lipinski definition) is 1. The maximum atomic E-state index is 5.85. The zero-order chi connectivity index (χ0) is 15.3. The van der Waals surface area contributed by atoms with Crippen molar-refractivity contribution in [1.82, 2.24) is 0 Å². The van der Waals surface area contributed by atoms with Gasteiger partial charge in [-0.3, -0.25) is 0 Å². The fraction of sp³-hybridized carbons (Fsp3) is 0.600. The second-order valence-corrected chi connectivity index (χ2v) is 6.13. The first-order valence-corrected chi connectivity index (χ1v) is 8.57. The third-order valence-corrected chi connectivity index (χ3v) is 3.85. The molecule has 0 radical (unpaired) electrons. The van der Waals surface area contributed by atoms with Crippen LogP contribution < -0.4 is 4.74 Å². The summed E-state index contributed by atoms with van der Waals surface area (Å²) in [5, 5.41) is 0. The van der Waals surface area contributed by atoms with Crippen molar-refractivity contribution in [2.45, 2.75) is 71.1 Å². The fourth-order valence-electron chi connectivity index (χ4n) is 2.43. The molecule has 0 heterocycles. The van der Waals surface area contributed by atoms with Gasteiger partial charge in [0, 0.05) is 0 Å². The molecule has 0 fully saturated rings. The van der Waals surface area contributed by atoms with Crippen molar-refractivity contribution in [1.29, 1.82) is 0 Å². The summed E-state index contributed by atoms with van der Waals surface area (Å²) in [6, 6.07) is 8.49. The maximum absolute atomic E-state index is 5.85. The Morgan fingerprint density at radius 1 is 1.00 bits per heavy atom. The molecule has 1 rings (SSSR count). The molecule has 1 aromatic rings. The lowest BCUT2D eigenvalue weighted by Crippen LogP contribution is -1.98. The van der Waals surface area contributed by atoms with Gasteiger partial charge in [0.15, 0.2) is 0 Å². The van der Waals surface area contributed by atoms with E-state index in [2.05, 4.69) is 44.7 Å². The van der Waals surface area contributed by atoms with Gasteiger partial charge in [0.2, 0.25) is 0 Å². The largest absolute Gasteiger partial charge is 0.494 e. The third-order valence-electron chi connectivity index (χ3n) is 3.85. The highest BCUT2D eigenvalue weighted by Gasteiger charge is 2.00. The summed E-state index contributed by atoms with van der Waals surface area (Å²) in [6.45, 7) is 9.03. The molecule has 0 unspecified atom stereocenters. The van der Waals surface area contributed by atoms with Crippen molar-refractivity contribution < 1.29 is 4.74 Å². The lowest BCUT2D eigenvalue weighted by Gasteiger charge is -2.10. The maximum Gasteiger partial charge on any atom is 0.119 e. The van der Waals surface area contributed by atoms with Gasteiger partial charge in [-0.1, -0.05) is 64.2 Å². The Morgan fingerprint density at radius 3 is 2.33 bits per heavy atom. The van der Waals surface area contributed by atoms with Crippen LogP contribution in [0.5, 0.6) is 5.75 Å². The number of rotatable bonds is 12. The van der Waals surface area contributed by atoms with Crippen LogP contribution in [0.3, 0.4) is 0 Å². The molecule has 0 bridgehead atoms. The number of benzene rings is 1. The van der Waals surface area contributed by atoms with E-state index >= 15 is 0 Å². The van der Waals surface area contributed by atoms with Gasteiger partial charge in [-0.2, -0.15) is 0 Å². The highest BCUT2D eigenvalue weighted by Crippen LogP contribution is 2.20. The summed E-state index contributed by atoms with van der Waals surface area (Å²) < 4.78 is 5.85. The van der Waals surface area contributed by atoms with Crippen molar-refractivity contribution in [3.63, 3.8) is 0 Å². The van der Waals surface area contributed by atoms with Crippen LogP contribution in [0.4, 0.5) is 0 Å². The zero-order valence-corrected chi connectivity index (χ0v) is 13.9. The smallest absolute Gasteiger partial charge is 0.119 e. The van der Waals surface area contributed by atoms with Gasteiger partial charge in [-0.25, -0.2) is 0 Å². The quantitative estimate of drug-likeness (QED) is 0.315. The van der Waals surface area contributed by atoms with E-state index in [1.807, 2.05) is 6.08 Å². The number of allylic oxidation sites excluding steroid dienone is 1. The molecule has 0 aromatic heterocycles. The van der Waals surface area contributed by atoms with Crippen molar-refractivity contribution in [2.75, 3.05) is 6.61 Å². The van der Waals surface area contributed by atoms with Gasteiger partial charge in [0.25, 0.3) is 0 Å². The molecule has 1 heteroatoms. The minimum atomic E-state index is 0.564. The SMILES string of the molecule is C=CCCCCCCCCCOc1cccc(C(C)C)c1. The fourth-order valence-corrected chi connectivity index (χ4v) is 2.43. The van der Waals surface area contributed by atoms with Crippen LogP contribution in [0.1, 0.15) is 76.7 Å². The Kier molecular flexibility index (Phi) is 9.69. The zero-order valence-electron chi connectivity index (χ0n) is 13.9. The molecule has 0 amide bonds. The molecule has 1 nitrogen and oxygen atoms in total. The van der Waals surface area contributed by atoms with Crippen LogP contribution in [0.25, 0.3) is 0 Å². The first kappa shape index (κ1) is 17.8. The van der Waals surface area contributed by atoms with Crippen LogP contribution in [0.15, 0.2) is 36.9 Å². The summed E-state index contributed by atoms with van der Waals surface area (Å²) in [4.78, 5) is 0. The van der Waals surface area contributed by atoms with E-state index in [4.69, 9.17) is 4.74 Å². The van der Waals surface area contributed by atoms with Crippen LogP contribution in [-0.4, -0.2) is 6.61 Å². The van der Waals surface area contributed by atoms with E-state index < -0.39 is 0 Å². The Labute approximate surface area is 131 Å². The predicted octanol–water partition coefficient (Wildman–Crippen LogP) is 6.50. The van der Waals surface area contributed by atoms with Crippen LogP contribution in [0, 0.1) is 0 Å². The summed E-state index contributed by atoms with van der Waals surface area (Å²) in [5.74, 6) is 1.58. The molecular weight excluding hydrogens is 256 g/mol. The molecule has 0 atom stereocenters. The minimum Gasteiger partial charge on any atom is -0.494 e. The first-order chi connectivity index (χ1) is 10.2. The van der Waals surface area contributed by atoms with E-state index in [1.165, 1.54) is 56.9 Å². The second kappa shape index (κ2) is 11.4. The molecule has 0 spiro atoms. The Bertz CT molecular complexity index is 381. The molecule has 0 saturated carbocycles. The van der Waals surface area contributed by atoms with E-state index in [0.29, 0.717) is 5.92 Å². The Morgan fingerprint density at radius 2 is 1.67 bits per heavy atom. The van der Waals surface area contributed by atoms with Crippen molar-refractivity contribution >= 4 is 0 Å². The topological polar surface area (TPSA) is 9.23 Å². The van der Waals surface area contributed by atoms with Gasteiger partial charge < -0.3 is 4.74 Å². The van der Waals surface area contributed by atoms with E-state index in [1.54, 1.807) is 0 Å². The summed E-state index contributed by atoms with van der Waals surface area (Å²) >= 11 is 0. The second-order valence-electron chi connectivity index (χ2n) is 6.13. The predicted molar refractivity (Wildman–Crippen MR) is 93.2 cm³/mol. The molecule has 0 aliphatic carbocycles. The molecule has 0 aliphatic rings. The summed E-state index contributed by atoms with van der Waals surface area (Å²) in [6.07, 6.45) is 12.4. The summed E-state index contributed by atoms with van der Waals surface area (Å²) in [7, 11) is 0. The van der Waals surface area contributed by atoms with Crippen LogP contribution >= 0.6 is 0 Å². The van der Waals surface area contributed by atoms with Gasteiger partial charge in [0.1, 0.15) is 5.75 Å². The lowest BCUT2D eigenvalue weighted by atomic mass is 10.0. The monoisotopic (exact) mass is 288 g/mol. The van der Waals surface area contributed by atoms with Gasteiger partial charge in [-0.15, -0.1) is 6.58 Å². The van der Waals surface area contributed by atoms with Gasteiger partial charge >= 0.3 is 0 Å². The molecule has 0 N–H and O–H groups in total. The van der Waals surface area contributed by atoms with Crippen LogP contribution in [-0.2, 0) is 0 Å². The summed E-state index contributed by atoms with van der Waals surface area (Å²) in [5.41, 5.74) is 1.35. The average Bonchev–Trinajstić information content (AvgIpc) is 2.49. The van der Waals surface area contributed by atoms with E-state index in [9.17, 15) is 0 Å². The average molecular weight is 288 g/mol. The normalized spacial score (nSPS) is 10.8. The van der Waals surface area contributed by atoms with Crippen molar-refractivity contribution in [3.8, 4) is 5.75 Å². The highest BCUT2D eigenvalue weighted by atomic mass is 16.5. The van der Waals surface area contributed by atoms with Crippen molar-refractivity contribution in [3.05, 3.63) is 42.5 Å². The molecular formula is C20H32O. The minimum absolute atomic E-state index is 0.564. The molecule has 21 heavy (non-hydrogen) atoms. The third kappa shape index (κ3) is 8.60.